The van der Waals surface area contributed by atoms with Crippen LogP contribution in [0.25, 0.3) is 11.4 Å². The number of carbonyl (C=O) groups excluding carboxylic acids is 1. The van der Waals surface area contributed by atoms with E-state index in [-0.39, 0.29) is 6.04 Å². The van der Waals surface area contributed by atoms with Gasteiger partial charge >= 0.3 is 6.03 Å². The Kier molecular flexibility index (Phi) is 6.06. The van der Waals surface area contributed by atoms with Crippen molar-refractivity contribution in [2.75, 3.05) is 35.3 Å². The van der Waals surface area contributed by atoms with Gasteiger partial charge in [0, 0.05) is 29.9 Å². The first-order valence-corrected chi connectivity index (χ1v) is 10.3. The van der Waals surface area contributed by atoms with E-state index in [0.29, 0.717) is 42.8 Å². The van der Waals surface area contributed by atoms with Gasteiger partial charge in [0.2, 0.25) is 0 Å². The van der Waals surface area contributed by atoms with Gasteiger partial charge in [0.05, 0.1) is 24.9 Å². The van der Waals surface area contributed by atoms with Crippen molar-refractivity contribution in [3.8, 4) is 11.4 Å². The van der Waals surface area contributed by atoms with Gasteiger partial charge in [0.1, 0.15) is 17.7 Å². The van der Waals surface area contributed by atoms with Gasteiger partial charge in [-0.2, -0.15) is 0 Å². The fourth-order valence-corrected chi connectivity index (χ4v) is 3.35. The number of aliphatic hydroxyl groups is 1. The second-order valence-corrected chi connectivity index (χ2v) is 8.15. The predicted molar refractivity (Wildman–Crippen MR) is 119 cm³/mol. The molecule has 0 spiro atoms. The summed E-state index contributed by atoms with van der Waals surface area (Å²) in [5.74, 6) is 1.56. The average Bonchev–Trinajstić information content (AvgIpc) is 3.26. The topological polar surface area (TPSA) is 126 Å². The van der Waals surface area contributed by atoms with Crippen molar-refractivity contribution in [2.45, 2.75) is 32.4 Å². The van der Waals surface area contributed by atoms with Crippen molar-refractivity contribution < 1.29 is 19.2 Å². The lowest BCUT2D eigenvalue weighted by Crippen LogP contribution is -2.44. The zero-order chi connectivity index (χ0) is 22.7. The molecule has 1 atom stereocenters. The van der Waals surface area contributed by atoms with E-state index in [1.807, 2.05) is 18.2 Å². The van der Waals surface area contributed by atoms with Gasteiger partial charge in [0.15, 0.2) is 11.6 Å². The normalized spacial score (nSPS) is 16.6. The summed E-state index contributed by atoms with van der Waals surface area (Å²) in [6, 6.07) is 10.3. The van der Waals surface area contributed by atoms with E-state index >= 15 is 0 Å². The number of nitrogens with one attached hydrogen (secondary N) is 2. The van der Waals surface area contributed by atoms with Crippen LogP contribution in [0.1, 0.15) is 26.5 Å². The molecule has 3 aromatic rings. The predicted octanol–water partition coefficient (Wildman–Crippen LogP) is 3.23. The zero-order valence-corrected chi connectivity index (χ0v) is 18.2. The van der Waals surface area contributed by atoms with Crippen molar-refractivity contribution in [1.82, 2.24) is 15.1 Å². The molecule has 32 heavy (non-hydrogen) atoms. The molecule has 0 radical (unpaired) electrons. The smallest absolute Gasteiger partial charge is 0.324 e. The third-order valence-corrected chi connectivity index (χ3v) is 5.08. The van der Waals surface area contributed by atoms with Crippen LogP contribution in [0.15, 0.2) is 47.2 Å². The minimum atomic E-state index is -1.12. The molecule has 168 valence electrons. The third-order valence-electron chi connectivity index (χ3n) is 5.08. The quantitative estimate of drug-likeness (QED) is 0.554. The summed E-state index contributed by atoms with van der Waals surface area (Å²) >= 11 is 0. The van der Waals surface area contributed by atoms with E-state index in [2.05, 4.69) is 37.1 Å². The lowest BCUT2D eigenvalue weighted by atomic mass is 10.0. The van der Waals surface area contributed by atoms with Crippen LogP contribution in [0.2, 0.25) is 0 Å². The third kappa shape index (κ3) is 5.04. The number of rotatable bonds is 5. The fourth-order valence-electron chi connectivity index (χ4n) is 3.35. The van der Waals surface area contributed by atoms with Crippen LogP contribution in [0.3, 0.4) is 0 Å². The van der Waals surface area contributed by atoms with Gasteiger partial charge in [-0.1, -0.05) is 5.16 Å². The molecule has 2 amide bonds. The summed E-state index contributed by atoms with van der Waals surface area (Å²) in [7, 11) is 0. The number of hydrogen-bond acceptors (Lipinski definition) is 8. The van der Waals surface area contributed by atoms with Crippen LogP contribution in [-0.4, -0.2) is 52.1 Å². The number of urea groups is 1. The second kappa shape index (κ2) is 8.93. The van der Waals surface area contributed by atoms with E-state index < -0.39 is 11.6 Å². The number of ether oxygens (including phenoxy) is 1. The van der Waals surface area contributed by atoms with E-state index in [4.69, 9.17) is 9.72 Å². The first-order chi connectivity index (χ1) is 15.3. The monoisotopic (exact) mass is 438 g/mol. The highest BCUT2D eigenvalue weighted by Gasteiger charge is 2.25. The molecule has 2 aromatic heterocycles. The molecule has 1 aromatic carbocycles. The lowest BCUT2D eigenvalue weighted by Gasteiger charge is -2.35. The molecule has 1 fully saturated rings. The zero-order valence-electron chi connectivity index (χ0n) is 18.2. The Labute approximate surface area is 185 Å². The molecule has 0 unspecified atom stereocenters. The highest BCUT2D eigenvalue weighted by molar-refractivity contribution is 5.99. The molecular formula is C22H26N6O4. The van der Waals surface area contributed by atoms with Crippen LogP contribution >= 0.6 is 0 Å². The molecule has 10 nitrogen and oxygen atoms in total. The summed E-state index contributed by atoms with van der Waals surface area (Å²) in [5, 5.41) is 19.5. The number of carbonyl (C=O) groups is 1. The first-order valence-electron chi connectivity index (χ1n) is 10.3. The molecule has 1 aliphatic heterocycles. The molecule has 0 bridgehead atoms. The summed E-state index contributed by atoms with van der Waals surface area (Å²) in [6.07, 6.45) is 1.37. The Morgan fingerprint density at radius 3 is 2.62 bits per heavy atom. The van der Waals surface area contributed by atoms with Gasteiger partial charge in [-0.3, -0.25) is 5.32 Å². The molecule has 1 saturated heterocycles. The summed E-state index contributed by atoms with van der Waals surface area (Å²) in [4.78, 5) is 23.6. The number of benzene rings is 1. The van der Waals surface area contributed by atoms with E-state index in [9.17, 15) is 9.90 Å². The maximum absolute atomic E-state index is 12.1. The lowest BCUT2D eigenvalue weighted by molar-refractivity contribution is 0.0736. The summed E-state index contributed by atoms with van der Waals surface area (Å²) < 4.78 is 10.2. The van der Waals surface area contributed by atoms with Gasteiger partial charge in [-0.15, -0.1) is 0 Å². The number of morpholine rings is 1. The standard InChI is InChI=1S/C22H26N6O4/c1-14-13-31-11-9-28(14)19-12-17(22(2,3)30)24-20(26-19)15-4-6-16(7-5-15)23-21(29)25-18-8-10-32-27-18/h4-8,10,12,14,30H,9,11,13H2,1-3H3,(H2,23,25,27,29)/t14-/m0/s1. The molecule has 0 aliphatic carbocycles. The summed E-state index contributed by atoms with van der Waals surface area (Å²) in [6.45, 7) is 7.44. The number of nitrogens with zero attached hydrogens (tertiary/aromatic N) is 4. The van der Waals surface area contributed by atoms with Crippen LogP contribution in [0.5, 0.6) is 0 Å². The maximum atomic E-state index is 12.1. The maximum Gasteiger partial charge on any atom is 0.324 e. The van der Waals surface area contributed by atoms with Crippen molar-refractivity contribution >= 4 is 23.4 Å². The van der Waals surface area contributed by atoms with Gasteiger partial charge in [-0.05, 0) is 45.0 Å². The molecular weight excluding hydrogens is 412 g/mol. The van der Waals surface area contributed by atoms with Gasteiger partial charge < -0.3 is 24.6 Å². The number of anilines is 3. The largest absolute Gasteiger partial charge is 0.384 e. The SMILES string of the molecule is C[C@H]1COCCN1c1cc(C(C)(C)O)nc(-c2ccc(NC(=O)Nc3ccon3)cc2)n1. The van der Waals surface area contributed by atoms with E-state index in [1.54, 1.807) is 32.0 Å². The van der Waals surface area contributed by atoms with Crippen molar-refractivity contribution in [3.05, 3.63) is 48.4 Å². The highest BCUT2D eigenvalue weighted by atomic mass is 16.5. The van der Waals surface area contributed by atoms with Crippen LogP contribution in [0.4, 0.5) is 22.1 Å². The minimum Gasteiger partial charge on any atom is -0.384 e. The Balaban J connectivity index is 1.57. The Hall–Kier alpha value is -3.50. The molecule has 4 rings (SSSR count). The van der Waals surface area contributed by atoms with E-state index in [0.717, 1.165) is 11.4 Å². The van der Waals surface area contributed by atoms with Crippen LogP contribution < -0.4 is 15.5 Å². The van der Waals surface area contributed by atoms with Crippen LogP contribution in [0, 0.1) is 0 Å². The first kappa shape index (κ1) is 21.7. The Morgan fingerprint density at radius 1 is 1.19 bits per heavy atom. The van der Waals surface area contributed by atoms with Gasteiger partial charge in [0.25, 0.3) is 0 Å². The number of aromatic nitrogens is 3. The van der Waals surface area contributed by atoms with Gasteiger partial charge in [-0.25, -0.2) is 14.8 Å². The molecule has 0 saturated carbocycles. The van der Waals surface area contributed by atoms with E-state index in [1.165, 1.54) is 6.26 Å². The molecule has 1 aliphatic rings. The second-order valence-electron chi connectivity index (χ2n) is 8.15. The number of amides is 2. The Bertz CT molecular complexity index is 1060. The molecule has 3 heterocycles. The van der Waals surface area contributed by atoms with Crippen LogP contribution in [-0.2, 0) is 10.3 Å². The molecule has 3 N–H and O–H groups in total. The molecule has 10 heteroatoms. The minimum absolute atomic E-state index is 0.163. The fraction of sp³-hybridized carbons (Fsp3) is 0.364. The number of hydrogen-bond donors (Lipinski definition) is 3. The average molecular weight is 438 g/mol. The highest BCUT2D eigenvalue weighted by Crippen LogP contribution is 2.28. The van der Waals surface area contributed by atoms with Crippen molar-refractivity contribution in [1.29, 1.82) is 0 Å². The summed E-state index contributed by atoms with van der Waals surface area (Å²) in [5.41, 5.74) is 0.768. The Morgan fingerprint density at radius 2 is 1.97 bits per heavy atom. The van der Waals surface area contributed by atoms with Crippen molar-refractivity contribution in [3.63, 3.8) is 0 Å². The van der Waals surface area contributed by atoms with Crippen molar-refractivity contribution in [2.24, 2.45) is 0 Å².